The first kappa shape index (κ1) is 26.3. The Balaban J connectivity index is 1.84. The van der Waals surface area contributed by atoms with E-state index >= 15 is 0 Å². The van der Waals surface area contributed by atoms with E-state index in [1.807, 2.05) is 0 Å². The van der Waals surface area contributed by atoms with Crippen LogP contribution in [0.15, 0.2) is 18.2 Å². The number of ether oxygens (including phenoxy) is 1. The standard InChI is InChI=1S/C30H52O/c1-4-7-9-10-11-12-13-15-17-27-20-23-30(31-24-6-3)29(25-27)28-21-18-26(19-22-28)16-14-8-5-2/h20,23,25-26,28H,4-19,21-22,24H2,1-3H3. The Labute approximate surface area is 194 Å². The van der Waals surface area contributed by atoms with Crippen LogP contribution in [0.25, 0.3) is 0 Å². The summed E-state index contributed by atoms with van der Waals surface area (Å²) in [6.45, 7) is 7.66. The van der Waals surface area contributed by atoms with Crippen LogP contribution in [0.5, 0.6) is 5.75 Å². The van der Waals surface area contributed by atoms with Gasteiger partial charge in [-0.15, -0.1) is 0 Å². The first-order chi connectivity index (χ1) is 15.3. The number of hydrogen-bond donors (Lipinski definition) is 0. The molecular weight excluding hydrogens is 376 g/mol. The van der Waals surface area contributed by atoms with Crippen LogP contribution in [-0.2, 0) is 6.42 Å². The van der Waals surface area contributed by atoms with Crippen molar-refractivity contribution in [2.75, 3.05) is 6.61 Å². The van der Waals surface area contributed by atoms with Gasteiger partial charge in [-0.25, -0.2) is 0 Å². The van der Waals surface area contributed by atoms with Gasteiger partial charge in [-0.2, -0.15) is 0 Å². The average Bonchev–Trinajstić information content (AvgIpc) is 2.80. The number of hydrogen-bond acceptors (Lipinski definition) is 1. The molecule has 1 saturated carbocycles. The third-order valence-electron chi connectivity index (χ3n) is 7.36. The summed E-state index contributed by atoms with van der Waals surface area (Å²) in [5.74, 6) is 2.87. The van der Waals surface area contributed by atoms with Crippen molar-refractivity contribution in [1.82, 2.24) is 0 Å². The summed E-state index contributed by atoms with van der Waals surface area (Å²) < 4.78 is 6.19. The molecule has 178 valence electrons. The van der Waals surface area contributed by atoms with Crippen LogP contribution >= 0.6 is 0 Å². The van der Waals surface area contributed by atoms with Crippen LogP contribution in [0.3, 0.4) is 0 Å². The average molecular weight is 429 g/mol. The largest absolute Gasteiger partial charge is 0.493 e. The Hall–Kier alpha value is -0.980. The van der Waals surface area contributed by atoms with E-state index in [0.717, 1.165) is 18.9 Å². The van der Waals surface area contributed by atoms with Gasteiger partial charge in [0.05, 0.1) is 6.61 Å². The molecular formula is C30H52O. The fraction of sp³-hybridized carbons (Fsp3) is 0.800. The van der Waals surface area contributed by atoms with E-state index in [4.69, 9.17) is 4.74 Å². The van der Waals surface area contributed by atoms with Crippen molar-refractivity contribution >= 4 is 0 Å². The Kier molecular flexibility index (Phi) is 14.1. The van der Waals surface area contributed by atoms with Crippen molar-refractivity contribution < 1.29 is 4.74 Å². The molecule has 1 aromatic rings. The molecule has 0 saturated heterocycles. The molecule has 1 nitrogen and oxygen atoms in total. The normalized spacial score (nSPS) is 18.9. The lowest BCUT2D eigenvalue weighted by Crippen LogP contribution is -2.14. The molecule has 0 bridgehead atoms. The van der Waals surface area contributed by atoms with E-state index in [-0.39, 0.29) is 0 Å². The lowest BCUT2D eigenvalue weighted by atomic mass is 9.76. The molecule has 0 radical (unpaired) electrons. The second-order valence-corrected chi connectivity index (χ2v) is 10.2. The van der Waals surface area contributed by atoms with E-state index in [2.05, 4.69) is 39.0 Å². The van der Waals surface area contributed by atoms with Gasteiger partial charge in [-0.1, -0.05) is 104 Å². The quantitative estimate of drug-likeness (QED) is 0.224. The maximum absolute atomic E-state index is 6.19. The van der Waals surface area contributed by atoms with Crippen molar-refractivity contribution in [3.05, 3.63) is 29.3 Å². The van der Waals surface area contributed by atoms with Crippen LogP contribution in [0.2, 0.25) is 0 Å². The lowest BCUT2D eigenvalue weighted by Gasteiger charge is -2.30. The Morgan fingerprint density at radius 1 is 0.710 bits per heavy atom. The molecule has 31 heavy (non-hydrogen) atoms. The predicted octanol–water partition coefficient (Wildman–Crippen LogP) is 10.0. The zero-order valence-corrected chi connectivity index (χ0v) is 21.2. The van der Waals surface area contributed by atoms with Crippen LogP contribution < -0.4 is 4.74 Å². The Bertz CT molecular complexity index is 556. The summed E-state index contributed by atoms with van der Waals surface area (Å²) in [6.07, 6.45) is 24.7. The minimum Gasteiger partial charge on any atom is -0.493 e. The SMILES string of the molecule is CCCCCCCCCCc1ccc(OCCC)c(C2CCC(CCCCC)CC2)c1. The zero-order valence-electron chi connectivity index (χ0n) is 21.2. The molecule has 1 aromatic carbocycles. The highest BCUT2D eigenvalue weighted by atomic mass is 16.5. The monoisotopic (exact) mass is 428 g/mol. The van der Waals surface area contributed by atoms with Crippen molar-refractivity contribution in [1.29, 1.82) is 0 Å². The number of unbranched alkanes of at least 4 members (excludes halogenated alkanes) is 9. The van der Waals surface area contributed by atoms with Gasteiger partial charge in [-0.05, 0) is 74.0 Å². The molecule has 1 aliphatic rings. The summed E-state index contributed by atoms with van der Waals surface area (Å²) in [6, 6.07) is 7.15. The van der Waals surface area contributed by atoms with E-state index in [1.165, 1.54) is 126 Å². The topological polar surface area (TPSA) is 9.23 Å². The van der Waals surface area contributed by atoms with E-state index in [0.29, 0.717) is 5.92 Å². The molecule has 0 unspecified atom stereocenters. The smallest absolute Gasteiger partial charge is 0.122 e. The van der Waals surface area contributed by atoms with Gasteiger partial charge in [0.25, 0.3) is 0 Å². The van der Waals surface area contributed by atoms with Crippen molar-refractivity contribution in [3.8, 4) is 5.75 Å². The maximum Gasteiger partial charge on any atom is 0.122 e. The molecule has 1 fully saturated rings. The van der Waals surface area contributed by atoms with Gasteiger partial charge in [0.15, 0.2) is 0 Å². The summed E-state index contributed by atoms with van der Waals surface area (Å²) in [5.41, 5.74) is 3.06. The molecule has 0 aliphatic heterocycles. The van der Waals surface area contributed by atoms with Gasteiger partial charge in [-0.3, -0.25) is 0 Å². The molecule has 0 amide bonds. The van der Waals surface area contributed by atoms with Crippen molar-refractivity contribution in [3.63, 3.8) is 0 Å². The zero-order chi connectivity index (χ0) is 22.2. The van der Waals surface area contributed by atoms with Gasteiger partial charge in [0, 0.05) is 0 Å². The summed E-state index contributed by atoms with van der Waals surface area (Å²) >= 11 is 0. The first-order valence-corrected chi connectivity index (χ1v) is 14.0. The Morgan fingerprint density at radius 3 is 2.03 bits per heavy atom. The molecule has 0 atom stereocenters. The van der Waals surface area contributed by atoms with Gasteiger partial charge < -0.3 is 4.74 Å². The number of rotatable bonds is 17. The van der Waals surface area contributed by atoms with E-state index < -0.39 is 0 Å². The lowest BCUT2D eigenvalue weighted by molar-refractivity contribution is 0.284. The highest BCUT2D eigenvalue weighted by Gasteiger charge is 2.24. The molecule has 2 rings (SSSR count). The predicted molar refractivity (Wildman–Crippen MR) is 137 cm³/mol. The number of aryl methyl sites for hydroxylation is 1. The second-order valence-electron chi connectivity index (χ2n) is 10.2. The maximum atomic E-state index is 6.19. The third kappa shape index (κ3) is 10.5. The minimum atomic E-state index is 0.716. The fourth-order valence-corrected chi connectivity index (χ4v) is 5.32. The van der Waals surface area contributed by atoms with E-state index in [1.54, 1.807) is 0 Å². The molecule has 0 N–H and O–H groups in total. The second kappa shape index (κ2) is 16.6. The highest BCUT2D eigenvalue weighted by molar-refractivity contribution is 5.40. The Morgan fingerprint density at radius 2 is 1.35 bits per heavy atom. The molecule has 1 aliphatic carbocycles. The summed E-state index contributed by atoms with van der Waals surface area (Å²) in [7, 11) is 0. The van der Waals surface area contributed by atoms with Crippen LogP contribution in [0.1, 0.15) is 147 Å². The van der Waals surface area contributed by atoms with Gasteiger partial charge in [0.2, 0.25) is 0 Å². The third-order valence-corrected chi connectivity index (χ3v) is 7.36. The van der Waals surface area contributed by atoms with Gasteiger partial charge >= 0.3 is 0 Å². The molecule has 0 heterocycles. The summed E-state index contributed by atoms with van der Waals surface area (Å²) in [4.78, 5) is 0. The van der Waals surface area contributed by atoms with E-state index in [9.17, 15) is 0 Å². The number of benzene rings is 1. The molecule has 1 heteroatoms. The summed E-state index contributed by atoms with van der Waals surface area (Å²) in [5, 5.41) is 0. The molecule has 0 spiro atoms. The van der Waals surface area contributed by atoms with Crippen molar-refractivity contribution in [2.24, 2.45) is 5.92 Å². The highest BCUT2D eigenvalue weighted by Crippen LogP contribution is 2.41. The van der Waals surface area contributed by atoms with Crippen molar-refractivity contribution in [2.45, 2.75) is 142 Å². The minimum absolute atomic E-state index is 0.716. The fourth-order valence-electron chi connectivity index (χ4n) is 5.32. The van der Waals surface area contributed by atoms with Crippen LogP contribution in [0, 0.1) is 5.92 Å². The van der Waals surface area contributed by atoms with Crippen LogP contribution in [-0.4, -0.2) is 6.61 Å². The molecule has 0 aromatic heterocycles. The van der Waals surface area contributed by atoms with Gasteiger partial charge in [0.1, 0.15) is 5.75 Å². The first-order valence-electron chi connectivity index (χ1n) is 14.0. The van der Waals surface area contributed by atoms with Crippen LogP contribution in [0.4, 0.5) is 0 Å².